The van der Waals surface area contributed by atoms with Crippen molar-refractivity contribution in [2.45, 2.75) is 17.3 Å². The van der Waals surface area contributed by atoms with Gasteiger partial charge in [0.15, 0.2) is 0 Å². The minimum Gasteiger partial charge on any atom is -0.381 e. The predicted octanol–water partition coefficient (Wildman–Crippen LogP) is 1.37. The van der Waals surface area contributed by atoms with Crippen LogP contribution in [-0.4, -0.2) is 52.2 Å². The number of carbonyl (C=O) groups excluding carboxylic acids is 1. The van der Waals surface area contributed by atoms with Crippen LogP contribution in [0.2, 0.25) is 0 Å². The SMILES string of the molecule is CO[C@@H]1CSC2(C1)CN(C(=O)c1cccn1C)C2. The predicted molar refractivity (Wildman–Crippen MR) is 71.9 cm³/mol. The van der Waals surface area contributed by atoms with Crippen LogP contribution < -0.4 is 0 Å². The van der Waals surface area contributed by atoms with Gasteiger partial charge in [-0.05, 0) is 18.6 Å². The molecule has 1 aromatic heterocycles. The Kier molecular flexibility index (Phi) is 2.90. The summed E-state index contributed by atoms with van der Waals surface area (Å²) in [6.45, 7) is 1.73. The second-order valence-electron chi connectivity index (χ2n) is 5.22. The molecule has 0 N–H and O–H groups in total. The molecule has 0 saturated carbocycles. The monoisotopic (exact) mass is 266 g/mol. The summed E-state index contributed by atoms with van der Waals surface area (Å²) in [4.78, 5) is 14.2. The summed E-state index contributed by atoms with van der Waals surface area (Å²) >= 11 is 1.96. The molecule has 2 fully saturated rings. The molecule has 1 amide bonds. The van der Waals surface area contributed by atoms with Crippen molar-refractivity contribution in [1.29, 1.82) is 0 Å². The van der Waals surface area contributed by atoms with Gasteiger partial charge >= 0.3 is 0 Å². The molecule has 2 aliphatic heterocycles. The van der Waals surface area contributed by atoms with Crippen LogP contribution in [0.3, 0.4) is 0 Å². The normalized spacial score (nSPS) is 25.4. The second-order valence-corrected chi connectivity index (χ2v) is 6.71. The Bertz CT molecular complexity index is 465. The van der Waals surface area contributed by atoms with E-state index in [2.05, 4.69) is 0 Å². The number of aromatic nitrogens is 1. The number of likely N-dealkylation sites (tertiary alicyclic amines) is 1. The van der Waals surface area contributed by atoms with Crippen molar-refractivity contribution in [3.05, 3.63) is 24.0 Å². The summed E-state index contributed by atoms with van der Waals surface area (Å²) in [5.74, 6) is 1.21. The molecule has 3 heterocycles. The van der Waals surface area contributed by atoms with Crippen molar-refractivity contribution in [2.75, 3.05) is 26.0 Å². The first kappa shape index (κ1) is 12.1. The molecule has 1 aromatic rings. The third-order valence-corrected chi connectivity index (χ3v) is 5.49. The van der Waals surface area contributed by atoms with E-state index < -0.39 is 0 Å². The van der Waals surface area contributed by atoms with Gasteiger partial charge in [-0.15, -0.1) is 11.8 Å². The Morgan fingerprint density at radius 1 is 1.56 bits per heavy atom. The number of aryl methyl sites for hydroxylation is 1. The van der Waals surface area contributed by atoms with Gasteiger partial charge < -0.3 is 14.2 Å². The Labute approximate surface area is 111 Å². The number of nitrogens with zero attached hydrogens (tertiary/aromatic N) is 2. The van der Waals surface area contributed by atoms with Crippen LogP contribution in [0.1, 0.15) is 16.9 Å². The van der Waals surface area contributed by atoms with E-state index >= 15 is 0 Å². The fraction of sp³-hybridized carbons (Fsp3) is 0.615. The molecule has 1 spiro atoms. The van der Waals surface area contributed by atoms with Crippen molar-refractivity contribution in [1.82, 2.24) is 9.47 Å². The quantitative estimate of drug-likeness (QED) is 0.811. The minimum absolute atomic E-state index is 0.148. The molecule has 2 aliphatic rings. The maximum atomic E-state index is 12.3. The van der Waals surface area contributed by atoms with E-state index in [4.69, 9.17) is 4.74 Å². The van der Waals surface area contributed by atoms with E-state index in [1.165, 1.54) is 0 Å². The topological polar surface area (TPSA) is 34.5 Å². The molecule has 4 nitrogen and oxygen atoms in total. The average molecular weight is 266 g/mol. The summed E-state index contributed by atoms with van der Waals surface area (Å²) in [5.41, 5.74) is 0.774. The average Bonchev–Trinajstić information content (AvgIpc) is 2.92. The van der Waals surface area contributed by atoms with Crippen LogP contribution in [-0.2, 0) is 11.8 Å². The molecule has 0 aromatic carbocycles. The van der Waals surface area contributed by atoms with E-state index in [1.807, 2.05) is 46.6 Å². The number of thioether (sulfide) groups is 1. The van der Waals surface area contributed by atoms with Gasteiger partial charge in [0, 0.05) is 39.2 Å². The number of carbonyl (C=O) groups is 1. The van der Waals surface area contributed by atoms with Gasteiger partial charge in [0.1, 0.15) is 5.69 Å². The number of hydrogen-bond donors (Lipinski definition) is 0. The van der Waals surface area contributed by atoms with E-state index in [0.717, 1.165) is 31.0 Å². The Morgan fingerprint density at radius 2 is 2.33 bits per heavy atom. The summed E-state index contributed by atoms with van der Waals surface area (Å²) in [6, 6.07) is 3.79. The minimum atomic E-state index is 0.148. The Balaban J connectivity index is 1.63. The number of ether oxygens (including phenoxy) is 1. The molecule has 98 valence electrons. The highest BCUT2D eigenvalue weighted by molar-refractivity contribution is 8.01. The molecule has 5 heteroatoms. The first-order valence-corrected chi connectivity index (χ1v) is 7.19. The van der Waals surface area contributed by atoms with E-state index in [-0.39, 0.29) is 10.7 Å². The Hall–Kier alpha value is -0.940. The highest BCUT2D eigenvalue weighted by Gasteiger charge is 2.50. The van der Waals surface area contributed by atoms with Gasteiger partial charge in [-0.1, -0.05) is 0 Å². The molecule has 0 aliphatic carbocycles. The van der Waals surface area contributed by atoms with Crippen molar-refractivity contribution in [3.63, 3.8) is 0 Å². The van der Waals surface area contributed by atoms with Crippen LogP contribution in [0.15, 0.2) is 18.3 Å². The summed E-state index contributed by atoms with van der Waals surface area (Å²) in [7, 11) is 3.68. The van der Waals surface area contributed by atoms with Gasteiger partial charge in [0.05, 0.1) is 10.9 Å². The van der Waals surface area contributed by atoms with Crippen molar-refractivity contribution in [2.24, 2.45) is 7.05 Å². The summed E-state index contributed by atoms with van der Waals surface area (Å²) in [5, 5.41) is 0. The number of rotatable bonds is 2. The molecule has 0 radical (unpaired) electrons. The molecule has 18 heavy (non-hydrogen) atoms. The van der Waals surface area contributed by atoms with Crippen molar-refractivity contribution >= 4 is 17.7 Å². The van der Waals surface area contributed by atoms with Gasteiger partial charge in [-0.2, -0.15) is 0 Å². The van der Waals surface area contributed by atoms with E-state index in [9.17, 15) is 4.79 Å². The lowest BCUT2D eigenvalue weighted by molar-refractivity contribution is 0.0443. The highest BCUT2D eigenvalue weighted by atomic mass is 32.2. The molecule has 0 unspecified atom stereocenters. The number of hydrogen-bond acceptors (Lipinski definition) is 3. The van der Waals surface area contributed by atoms with Crippen LogP contribution in [0, 0.1) is 0 Å². The number of amides is 1. The Morgan fingerprint density at radius 3 is 2.89 bits per heavy atom. The molecular weight excluding hydrogens is 248 g/mol. The first-order chi connectivity index (χ1) is 8.63. The summed E-state index contributed by atoms with van der Waals surface area (Å²) < 4.78 is 7.55. The van der Waals surface area contributed by atoms with Crippen LogP contribution in [0.4, 0.5) is 0 Å². The lowest BCUT2D eigenvalue weighted by atomic mass is 9.92. The number of methoxy groups -OCH3 is 1. The molecular formula is C13H18N2O2S. The van der Waals surface area contributed by atoms with E-state index in [0.29, 0.717) is 6.10 Å². The largest absolute Gasteiger partial charge is 0.381 e. The lowest BCUT2D eigenvalue weighted by Gasteiger charge is -2.47. The molecule has 3 rings (SSSR count). The van der Waals surface area contributed by atoms with E-state index in [1.54, 1.807) is 7.11 Å². The fourth-order valence-electron chi connectivity index (χ4n) is 2.81. The smallest absolute Gasteiger partial charge is 0.270 e. The maximum Gasteiger partial charge on any atom is 0.270 e. The zero-order chi connectivity index (χ0) is 12.8. The van der Waals surface area contributed by atoms with Crippen molar-refractivity contribution in [3.8, 4) is 0 Å². The fourth-order valence-corrected chi connectivity index (χ4v) is 4.40. The molecule has 1 atom stereocenters. The van der Waals surface area contributed by atoms with Crippen LogP contribution in [0.25, 0.3) is 0 Å². The zero-order valence-corrected chi connectivity index (χ0v) is 11.6. The van der Waals surface area contributed by atoms with Gasteiger partial charge in [0.25, 0.3) is 5.91 Å². The second kappa shape index (κ2) is 4.31. The standard InChI is InChI=1S/C13H18N2O2S/c1-14-5-3-4-11(14)12(16)15-8-13(9-15)6-10(17-2)7-18-13/h3-5,10H,6-9H2,1-2H3/t10-/m0/s1. The first-order valence-electron chi connectivity index (χ1n) is 6.21. The third kappa shape index (κ3) is 1.86. The van der Waals surface area contributed by atoms with Crippen molar-refractivity contribution < 1.29 is 9.53 Å². The zero-order valence-electron chi connectivity index (χ0n) is 10.8. The lowest BCUT2D eigenvalue weighted by Crippen LogP contribution is -2.61. The highest BCUT2D eigenvalue weighted by Crippen LogP contribution is 2.46. The summed E-state index contributed by atoms with van der Waals surface area (Å²) in [6.07, 6.45) is 3.35. The van der Waals surface area contributed by atoms with Crippen LogP contribution >= 0.6 is 11.8 Å². The van der Waals surface area contributed by atoms with Gasteiger partial charge in [-0.3, -0.25) is 4.79 Å². The molecule has 0 bridgehead atoms. The third-order valence-electron chi connectivity index (χ3n) is 3.92. The molecule has 2 saturated heterocycles. The maximum absolute atomic E-state index is 12.3. The van der Waals surface area contributed by atoms with Crippen LogP contribution in [0.5, 0.6) is 0 Å². The van der Waals surface area contributed by atoms with Gasteiger partial charge in [-0.25, -0.2) is 0 Å². The van der Waals surface area contributed by atoms with Gasteiger partial charge in [0.2, 0.25) is 0 Å².